The topological polar surface area (TPSA) is 58.8 Å². The van der Waals surface area contributed by atoms with E-state index in [2.05, 4.69) is 0 Å². The fourth-order valence-corrected chi connectivity index (χ4v) is 1.95. The summed E-state index contributed by atoms with van der Waals surface area (Å²) >= 11 is 0. The number of carbonyl (C=O) groups is 1. The summed E-state index contributed by atoms with van der Waals surface area (Å²) < 4.78 is 5.27. The van der Waals surface area contributed by atoms with Gasteiger partial charge in [0, 0.05) is 37.5 Å². The van der Waals surface area contributed by atoms with Crippen molar-refractivity contribution < 1.29 is 9.53 Å². The molecule has 5 heteroatoms. The average molecular weight is 235 g/mol. The SMILES string of the molecule is COc1cc(N)ccc1CN1CCN(C)C1=O. The maximum Gasteiger partial charge on any atom is 0.320 e. The molecule has 0 aromatic heterocycles. The quantitative estimate of drug-likeness (QED) is 0.799. The largest absolute Gasteiger partial charge is 0.496 e. The van der Waals surface area contributed by atoms with E-state index in [4.69, 9.17) is 10.5 Å². The first kappa shape index (κ1) is 11.6. The van der Waals surface area contributed by atoms with Gasteiger partial charge in [-0.1, -0.05) is 6.07 Å². The zero-order valence-corrected chi connectivity index (χ0v) is 10.1. The number of urea groups is 1. The summed E-state index contributed by atoms with van der Waals surface area (Å²) in [7, 11) is 3.42. The Labute approximate surface area is 101 Å². The molecule has 5 nitrogen and oxygen atoms in total. The van der Waals surface area contributed by atoms with Crippen LogP contribution in [0.3, 0.4) is 0 Å². The van der Waals surface area contributed by atoms with E-state index in [1.54, 1.807) is 23.0 Å². The minimum atomic E-state index is 0.0591. The first-order chi connectivity index (χ1) is 8.11. The molecule has 0 atom stereocenters. The zero-order valence-electron chi connectivity index (χ0n) is 10.1. The zero-order chi connectivity index (χ0) is 12.4. The molecule has 2 N–H and O–H groups in total. The van der Waals surface area contributed by atoms with Gasteiger partial charge in [0.2, 0.25) is 0 Å². The van der Waals surface area contributed by atoms with Gasteiger partial charge in [0.25, 0.3) is 0 Å². The number of carbonyl (C=O) groups excluding carboxylic acids is 1. The molecular weight excluding hydrogens is 218 g/mol. The Bertz CT molecular complexity index is 434. The number of methoxy groups -OCH3 is 1. The molecule has 0 radical (unpaired) electrons. The second-order valence-electron chi connectivity index (χ2n) is 4.20. The molecule has 0 spiro atoms. The molecule has 1 aromatic rings. The molecular formula is C12H17N3O2. The molecule has 0 unspecified atom stereocenters. The minimum absolute atomic E-state index is 0.0591. The van der Waals surface area contributed by atoms with Crippen LogP contribution in [0.4, 0.5) is 10.5 Å². The maximum atomic E-state index is 11.8. The second-order valence-corrected chi connectivity index (χ2v) is 4.20. The first-order valence-corrected chi connectivity index (χ1v) is 5.54. The van der Waals surface area contributed by atoms with Gasteiger partial charge in [-0.3, -0.25) is 0 Å². The standard InChI is InChI=1S/C12H17N3O2/c1-14-5-6-15(12(14)16)8-9-3-4-10(13)7-11(9)17-2/h3-4,7H,5-6,8,13H2,1-2H3. The number of ether oxygens (including phenoxy) is 1. The van der Waals surface area contributed by atoms with Gasteiger partial charge in [0.15, 0.2) is 0 Å². The van der Waals surface area contributed by atoms with Crippen molar-refractivity contribution in [2.45, 2.75) is 6.54 Å². The fraction of sp³-hybridized carbons (Fsp3) is 0.417. The van der Waals surface area contributed by atoms with Crippen LogP contribution in [0.1, 0.15) is 5.56 Å². The van der Waals surface area contributed by atoms with Crippen LogP contribution in [0.5, 0.6) is 5.75 Å². The normalized spacial score (nSPS) is 15.5. The minimum Gasteiger partial charge on any atom is -0.496 e. The second kappa shape index (κ2) is 4.53. The van der Waals surface area contributed by atoms with E-state index in [0.717, 1.165) is 24.4 Å². The number of likely N-dealkylation sites (N-methyl/N-ethyl adjacent to an activating group) is 1. The Balaban J connectivity index is 2.16. The number of amides is 2. The van der Waals surface area contributed by atoms with Crippen molar-refractivity contribution in [3.63, 3.8) is 0 Å². The highest BCUT2D eigenvalue weighted by molar-refractivity contribution is 5.76. The number of hydrogen-bond acceptors (Lipinski definition) is 3. The number of nitrogen functional groups attached to an aromatic ring is 1. The van der Waals surface area contributed by atoms with Crippen molar-refractivity contribution in [1.82, 2.24) is 9.80 Å². The van der Waals surface area contributed by atoms with Crippen molar-refractivity contribution in [3.05, 3.63) is 23.8 Å². The number of benzene rings is 1. The molecule has 2 rings (SSSR count). The van der Waals surface area contributed by atoms with Crippen molar-refractivity contribution >= 4 is 11.7 Å². The molecule has 92 valence electrons. The van der Waals surface area contributed by atoms with Crippen molar-refractivity contribution in [2.75, 3.05) is 33.0 Å². The van der Waals surface area contributed by atoms with Gasteiger partial charge < -0.3 is 20.3 Å². The monoisotopic (exact) mass is 235 g/mol. The van der Waals surface area contributed by atoms with Crippen LogP contribution in [-0.2, 0) is 6.54 Å². The summed E-state index contributed by atoms with van der Waals surface area (Å²) in [5.41, 5.74) is 7.33. The van der Waals surface area contributed by atoms with Crippen molar-refractivity contribution in [3.8, 4) is 5.75 Å². The summed E-state index contributed by atoms with van der Waals surface area (Å²) in [6, 6.07) is 5.56. The molecule has 0 aliphatic carbocycles. The van der Waals surface area contributed by atoms with Gasteiger partial charge in [-0.05, 0) is 6.07 Å². The van der Waals surface area contributed by atoms with E-state index in [0.29, 0.717) is 12.2 Å². The van der Waals surface area contributed by atoms with E-state index in [9.17, 15) is 4.79 Å². The number of nitrogens with two attached hydrogens (primary N) is 1. The molecule has 17 heavy (non-hydrogen) atoms. The van der Waals surface area contributed by atoms with Crippen LogP contribution in [0, 0.1) is 0 Å². The number of rotatable bonds is 3. The lowest BCUT2D eigenvalue weighted by atomic mass is 10.1. The smallest absolute Gasteiger partial charge is 0.320 e. The highest BCUT2D eigenvalue weighted by Crippen LogP contribution is 2.24. The molecule has 1 saturated heterocycles. The number of anilines is 1. The van der Waals surface area contributed by atoms with Gasteiger partial charge >= 0.3 is 6.03 Å². The Morgan fingerprint density at radius 3 is 2.76 bits per heavy atom. The molecule has 0 bridgehead atoms. The molecule has 1 fully saturated rings. The van der Waals surface area contributed by atoms with Gasteiger partial charge in [-0.15, -0.1) is 0 Å². The predicted octanol–water partition coefficient (Wildman–Crippen LogP) is 1.14. The van der Waals surface area contributed by atoms with Crippen LogP contribution < -0.4 is 10.5 Å². The lowest BCUT2D eigenvalue weighted by molar-refractivity contribution is 0.196. The molecule has 2 amide bonds. The van der Waals surface area contributed by atoms with Gasteiger partial charge in [0.05, 0.1) is 13.7 Å². The molecule has 1 heterocycles. The lowest BCUT2D eigenvalue weighted by Gasteiger charge is -2.18. The summed E-state index contributed by atoms with van der Waals surface area (Å²) in [5, 5.41) is 0. The Morgan fingerprint density at radius 2 is 2.18 bits per heavy atom. The van der Waals surface area contributed by atoms with Crippen LogP contribution in [-0.4, -0.2) is 43.1 Å². The highest BCUT2D eigenvalue weighted by Gasteiger charge is 2.25. The van der Waals surface area contributed by atoms with Gasteiger partial charge in [-0.2, -0.15) is 0 Å². The summed E-state index contributed by atoms with van der Waals surface area (Å²) in [6.07, 6.45) is 0. The highest BCUT2D eigenvalue weighted by atomic mass is 16.5. The van der Waals surface area contributed by atoms with E-state index in [1.807, 2.05) is 19.2 Å². The molecule has 1 aliphatic heterocycles. The Hall–Kier alpha value is -1.91. The summed E-state index contributed by atoms with van der Waals surface area (Å²) in [4.78, 5) is 15.3. The molecule has 0 saturated carbocycles. The number of nitrogens with zero attached hydrogens (tertiary/aromatic N) is 2. The lowest BCUT2D eigenvalue weighted by Crippen LogP contribution is -2.29. The van der Waals surface area contributed by atoms with E-state index >= 15 is 0 Å². The first-order valence-electron chi connectivity index (χ1n) is 5.54. The summed E-state index contributed by atoms with van der Waals surface area (Å²) in [6.45, 7) is 2.09. The van der Waals surface area contributed by atoms with Crippen molar-refractivity contribution in [2.24, 2.45) is 0 Å². The van der Waals surface area contributed by atoms with Gasteiger partial charge in [-0.25, -0.2) is 4.79 Å². The maximum absolute atomic E-state index is 11.8. The molecule has 1 aromatic carbocycles. The molecule has 1 aliphatic rings. The third-order valence-electron chi connectivity index (χ3n) is 2.97. The van der Waals surface area contributed by atoms with E-state index < -0.39 is 0 Å². The summed E-state index contributed by atoms with van der Waals surface area (Å²) in [5.74, 6) is 0.729. The number of hydrogen-bond donors (Lipinski definition) is 1. The Kier molecular flexibility index (Phi) is 3.08. The van der Waals surface area contributed by atoms with Crippen LogP contribution in [0.2, 0.25) is 0 Å². The average Bonchev–Trinajstić information content (AvgIpc) is 2.63. The van der Waals surface area contributed by atoms with Gasteiger partial charge in [0.1, 0.15) is 5.75 Å². The third kappa shape index (κ3) is 2.27. The van der Waals surface area contributed by atoms with Crippen molar-refractivity contribution in [1.29, 1.82) is 0 Å². The van der Waals surface area contributed by atoms with E-state index in [1.165, 1.54) is 0 Å². The van der Waals surface area contributed by atoms with Crippen LogP contribution in [0.15, 0.2) is 18.2 Å². The predicted molar refractivity (Wildman–Crippen MR) is 65.8 cm³/mol. The third-order valence-corrected chi connectivity index (χ3v) is 2.97. The van der Waals surface area contributed by atoms with Crippen LogP contribution >= 0.6 is 0 Å². The fourth-order valence-electron chi connectivity index (χ4n) is 1.95. The van der Waals surface area contributed by atoms with Crippen LogP contribution in [0.25, 0.3) is 0 Å². The Morgan fingerprint density at radius 1 is 1.41 bits per heavy atom. The van der Waals surface area contributed by atoms with E-state index in [-0.39, 0.29) is 6.03 Å².